The minimum absolute atomic E-state index is 0.0697. The molecular formula is C24H24N6O2. The van der Waals surface area contributed by atoms with Gasteiger partial charge in [-0.1, -0.05) is 6.07 Å². The van der Waals surface area contributed by atoms with Gasteiger partial charge in [0, 0.05) is 44.1 Å². The van der Waals surface area contributed by atoms with Crippen LogP contribution in [0.2, 0.25) is 0 Å². The highest BCUT2D eigenvalue weighted by molar-refractivity contribution is 5.77. The van der Waals surface area contributed by atoms with Crippen LogP contribution in [0, 0.1) is 11.3 Å². The van der Waals surface area contributed by atoms with Crippen molar-refractivity contribution in [3.8, 4) is 17.3 Å². The van der Waals surface area contributed by atoms with Crippen molar-refractivity contribution in [3.05, 3.63) is 60.0 Å². The summed E-state index contributed by atoms with van der Waals surface area (Å²) in [5, 5.41) is 12.9. The lowest BCUT2D eigenvalue weighted by Gasteiger charge is -2.20. The fourth-order valence-electron chi connectivity index (χ4n) is 3.77. The zero-order valence-corrected chi connectivity index (χ0v) is 18.1. The van der Waals surface area contributed by atoms with Crippen molar-refractivity contribution in [2.75, 3.05) is 30.4 Å². The maximum Gasteiger partial charge on any atom is 0.227 e. The Balaban J connectivity index is 1.53. The first-order valence-corrected chi connectivity index (χ1v) is 10.4. The lowest BCUT2D eigenvalue weighted by Crippen LogP contribution is -2.22. The Bertz CT molecular complexity index is 1160. The van der Waals surface area contributed by atoms with Crippen LogP contribution >= 0.6 is 0 Å². The molecular weight excluding hydrogens is 404 g/mol. The number of hydrogen-bond acceptors (Lipinski definition) is 8. The number of aromatic nitrogens is 3. The monoisotopic (exact) mass is 428 g/mol. The lowest BCUT2D eigenvalue weighted by molar-refractivity contribution is -0.116. The number of rotatable bonds is 7. The molecule has 3 aromatic rings. The van der Waals surface area contributed by atoms with Crippen molar-refractivity contribution < 1.29 is 9.53 Å². The van der Waals surface area contributed by atoms with E-state index in [1.54, 1.807) is 32.5 Å². The highest BCUT2D eigenvalue weighted by Gasteiger charge is 2.24. The summed E-state index contributed by atoms with van der Waals surface area (Å²) < 4.78 is 5.45. The van der Waals surface area contributed by atoms with E-state index in [-0.39, 0.29) is 11.9 Å². The molecule has 1 saturated heterocycles. The number of carbonyl (C=O) groups is 1. The maximum absolute atomic E-state index is 11.2. The summed E-state index contributed by atoms with van der Waals surface area (Å²) in [6, 6.07) is 13.6. The quantitative estimate of drug-likeness (QED) is 0.610. The van der Waals surface area contributed by atoms with Gasteiger partial charge < -0.3 is 15.0 Å². The van der Waals surface area contributed by atoms with Crippen LogP contribution in [0.25, 0.3) is 11.3 Å². The van der Waals surface area contributed by atoms with E-state index in [0.717, 1.165) is 42.1 Å². The number of Topliss-reactive ketones (excluding diaryl/α,β-unsaturated/α-hetero) is 1. The molecule has 32 heavy (non-hydrogen) atoms. The van der Waals surface area contributed by atoms with Crippen molar-refractivity contribution in [2.24, 2.45) is 0 Å². The van der Waals surface area contributed by atoms with Crippen molar-refractivity contribution in [1.29, 1.82) is 5.26 Å². The summed E-state index contributed by atoms with van der Waals surface area (Å²) in [5.41, 5.74) is 4.52. The Labute approximate surface area is 186 Å². The molecule has 0 bridgehead atoms. The topological polar surface area (TPSA) is 104 Å². The van der Waals surface area contributed by atoms with Crippen LogP contribution in [0.5, 0.6) is 0 Å². The van der Waals surface area contributed by atoms with Crippen LogP contribution in [0.1, 0.15) is 24.6 Å². The summed E-state index contributed by atoms with van der Waals surface area (Å²) in [5.74, 6) is 0.494. The number of benzene rings is 1. The first-order valence-electron chi connectivity index (χ1n) is 10.4. The molecule has 0 saturated carbocycles. The van der Waals surface area contributed by atoms with Gasteiger partial charge in [-0.15, -0.1) is 0 Å². The van der Waals surface area contributed by atoms with Crippen LogP contribution in [-0.4, -0.2) is 47.0 Å². The van der Waals surface area contributed by atoms with Gasteiger partial charge in [0.05, 0.1) is 34.9 Å². The van der Waals surface area contributed by atoms with Crippen LogP contribution in [0.15, 0.2) is 48.8 Å². The highest BCUT2D eigenvalue weighted by Crippen LogP contribution is 2.29. The molecule has 1 N–H and O–H groups in total. The zero-order chi connectivity index (χ0) is 22.5. The lowest BCUT2D eigenvalue weighted by atomic mass is 10.1. The molecule has 2 aromatic heterocycles. The molecule has 0 spiro atoms. The third-order valence-corrected chi connectivity index (χ3v) is 5.40. The molecule has 0 amide bonds. The molecule has 1 fully saturated rings. The van der Waals surface area contributed by atoms with Gasteiger partial charge >= 0.3 is 0 Å². The number of anilines is 3. The number of ketones is 1. The number of nitrogens with zero attached hydrogens (tertiary/aromatic N) is 5. The first kappa shape index (κ1) is 21.4. The Kier molecular flexibility index (Phi) is 6.38. The number of nitrogens with one attached hydrogen (secondary N) is 1. The Morgan fingerprint density at radius 1 is 1.28 bits per heavy atom. The number of carbonyl (C=O) groups excluding carboxylic acids is 1. The SMILES string of the molecule is CO[C@H]1CCN(c2ccc(-c3ccnc(Nc4ccc(CC(C)=O)nc4)n3)cc2C#N)C1. The third kappa shape index (κ3) is 4.90. The van der Waals surface area contributed by atoms with Gasteiger partial charge in [0.2, 0.25) is 5.95 Å². The molecule has 1 aromatic carbocycles. The van der Waals surface area contributed by atoms with Crippen molar-refractivity contribution in [1.82, 2.24) is 15.0 Å². The largest absolute Gasteiger partial charge is 0.380 e. The number of hydrogen-bond donors (Lipinski definition) is 1. The van der Waals surface area contributed by atoms with E-state index in [0.29, 0.717) is 23.6 Å². The fourth-order valence-corrected chi connectivity index (χ4v) is 3.77. The van der Waals surface area contributed by atoms with E-state index in [9.17, 15) is 10.1 Å². The standard InChI is InChI=1S/C24H24N6O2/c1-16(31)11-19-4-5-20(14-27-19)28-24-26-9-7-22(29-24)17-3-6-23(18(12-17)13-25)30-10-8-21(15-30)32-2/h3-7,9,12,14,21H,8,10-11,15H2,1-2H3,(H,26,28,29)/t21-/m0/s1. The summed E-state index contributed by atoms with van der Waals surface area (Å²) in [6.07, 6.45) is 4.79. The van der Waals surface area contributed by atoms with Crippen LogP contribution < -0.4 is 10.2 Å². The minimum atomic E-state index is 0.0697. The fraction of sp³-hybridized carbons (Fsp3) is 0.292. The number of methoxy groups -OCH3 is 1. The Hall–Kier alpha value is -3.83. The maximum atomic E-state index is 11.2. The average molecular weight is 428 g/mol. The molecule has 1 atom stereocenters. The van der Waals surface area contributed by atoms with Gasteiger partial charge in [0.25, 0.3) is 0 Å². The summed E-state index contributed by atoms with van der Waals surface area (Å²) in [6.45, 7) is 3.19. The van der Waals surface area contributed by atoms with Crippen molar-refractivity contribution in [3.63, 3.8) is 0 Å². The molecule has 8 heteroatoms. The van der Waals surface area contributed by atoms with E-state index in [2.05, 4.69) is 31.2 Å². The average Bonchev–Trinajstić information content (AvgIpc) is 3.29. The molecule has 0 unspecified atom stereocenters. The molecule has 0 aliphatic carbocycles. The van der Waals surface area contributed by atoms with Gasteiger partial charge in [-0.3, -0.25) is 9.78 Å². The molecule has 8 nitrogen and oxygen atoms in total. The van der Waals surface area contributed by atoms with Gasteiger partial charge in [-0.2, -0.15) is 5.26 Å². The van der Waals surface area contributed by atoms with E-state index >= 15 is 0 Å². The molecule has 1 aliphatic heterocycles. The second-order valence-corrected chi connectivity index (χ2v) is 7.74. The van der Waals surface area contributed by atoms with E-state index in [4.69, 9.17) is 4.74 Å². The second-order valence-electron chi connectivity index (χ2n) is 7.74. The van der Waals surface area contributed by atoms with Crippen LogP contribution in [-0.2, 0) is 16.0 Å². The van der Waals surface area contributed by atoms with Gasteiger partial charge in [0.1, 0.15) is 11.9 Å². The smallest absolute Gasteiger partial charge is 0.227 e. The third-order valence-electron chi connectivity index (χ3n) is 5.40. The second kappa shape index (κ2) is 9.54. The minimum Gasteiger partial charge on any atom is -0.380 e. The Morgan fingerprint density at radius 2 is 2.16 bits per heavy atom. The molecule has 3 heterocycles. The molecule has 162 valence electrons. The zero-order valence-electron chi connectivity index (χ0n) is 18.1. The van der Waals surface area contributed by atoms with Crippen molar-refractivity contribution >= 4 is 23.1 Å². The van der Waals surface area contributed by atoms with E-state index in [1.807, 2.05) is 30.3 Å². The van der Waals surface area contributed by atoms with Gasteiger partial charge in [0.15, 0.2) is 0 Å². The first-order chi connectivity index (χ1) is 15.6. The number of pyridine rings is 1. The van der Waals surface area contributed by atoms with Crippen LogP contribution in [0.3, 0.4) is 0 Å². The number of ether oxygens (including phenoxy) is 1. The highest BCUT2D eigenvalue weighted by atomic mass is 16.5. The Morgan fingerprint density at radius 3 is 2.84 bits per heavy atom. The summed E-state index contributed by atoms with van der Waals surface area (Å²) in [7, 11) is 1.72. The van der Waals surface area contributed by atoms with E-state index < -0.39 is 0 Å². The van der Waals surface area contributed by atoms with Crippen LogP contribution in [0.4, 0.5) is 17.3 Å². The summed E-state index contributed by atoms with van der Waals surface area (Å²) >= 11 is 0. The predicted octanol–water partition coefficient (Wildman–Crippen LogP) is 3.51. The van der Waals surface area contributed by atoms with Gasteiger partial charge in [-0.05, 0) is 43.7 Å². The molecule has 4 rings (SSSR count). The van der Waals surface area contributed by atoms with Crippen molar-refractivity contribution in [2.45, 2.75) is 25.9 Å². The predicted molar refractivity (Wildman–Crippen MR) is 122 cm³/mol. The molecule has 0 radical (unpaired) electrons. The normalized spacial score (nSPS) is 15.4. The van der Waals surface area contributed by atoms with Gasteiger partial charge in [-0.25, -0.2) is 9.97 Å². The summed E-state index contributed by atoms with van der Waals surface area (Å²) in [4.78, 5) is 26.6. The number of nitriles is 1. The molecule has 1 aliphatic rings. The van der Waals surface area contributed by atoms with E-state index in [1.165, 1.54) is 0 Å².